The van der Waals surface area contributed by atoms with Crippen LogP contribution in [0.15, 0.2) is 42.6 Å². The number of nitrogens with one attached hydrogen (secondary N) is 3. The van der Waals surface area contributed by atoms with Gasteiger partial charge in [0.1, 0.15) is 5.82 Å². The molecule has 2 aromatic carbocycles. The Kier molecular flexibility index (Phi) is 5.44. The lowest BCUT2D eigenvalue weighted by Crippen LogP contribution is -2.33. The van der Waals surface area contributed by atoms with Gasteiger partial charge in [-0.1, -0.05) is 23.2 Å². The first kappa shape index (κ1) is 18.2. The molecule has 3 N–H and O–H groups in total. The molecule has 3 rings (SSSR count). The van der Waals surface area contributed by atoms with Crippen molar-refractivity contribution in [2.75, 3.05) is 11.9 Å². The fourth-order valence-corrected chi connectivity index (χ4v) is 2.84. The Labute approximate surface area is 158 Å². The minimum Gasteiger partial charge on any atom is -0.361 e. The summed E-state index contributed by atoms with van der Waals surface area (Å²) >= 11 is 11.6. The van der Waals surface area contributed by atoms with E-state index in [9.17, 15) is 14.0 Å². The number of benzene rings is 2. The average molecular weight is 394 g/mol. The van der Waals surface area contributed by atoms with Crippen molar-refractivity contribution in [3.8, 4) is 0 Å². The minimum absolute atomic E-state index is 0.0927. The van der Waals surface area contributed by atoms with E-state index >= 15 is 0 Å². The van der Waals surface area contributed by atoms with E-state index in [0.29, 0.717) is 10.7 Å². The fraction of sp³-hybridized carbons (Fsp3) is 0.111. The third kappa shape index (κ3) is 4.33. The van der Waals surface area contributed by atoms with E-state index in [1.54, 1.807) is 18.3 Å². The highest BCUT2D eigenvalue weighted by molar-refractivity contribution is 6.31. The number of halogens is 3. The molecule has 0 aliphatic carbocycles. The molecule has 0 atom stereocenters. The summed E-state index contributed by atoms with van der Waals surface area (Å²) in [6.07, 6.45) is 1.84. The van der Waals surface area contributed by atoms with Crippen LogP contribution in [0.4, 0.5) is 10.1 Å². The van der Waals surface area contributed by atoms with E-state index in [1.807, 2.05) is 6.07 Å². The molecule has 26 heavy (non-hydrogen) atoms. The first-order valence-corrected chi connectivity index (χ1v) is 8.45. The maximum atomic E-state index is 13.1. The zero-order valence-electron chi connectivity index (χ0n) is 13.4. The van der Waals surface area contributed by atoms with Crippen molar-refractivity contribution < 1.29 is 14.0 Å². The molecule has 0 radical (unpaired) electrons. The molecular formula is C18H14Cl2FN3O2. The molecule has 0 spiro atoms. The van der Waals surface area contributed by atoms with Crippen LogP contribution in [-0.2, 0) is 16.0 Å². The average Bonchev–Trinajstić information content (AvgIpc) is 2.98. The van der Waals surface area contributed by atoms with E-state index in [4.69, 9.17) is 23.2 Å². The maximum Gasteiger partial charge on any atom is 0.243 e. The number of fused-ring (bicyclic) bond motifs is 1. The smallest absolute Gasteiger partial charge is 0.243 e. The number of carbonyl (C=O) groups excluding carboxylic acids is 2. The number of carbonyl (C=O) groups is 2. The van der Waals surface area contributed by atoms with E-state index in [2.05, 4.69) is 15.6 Å². The van der Waals surface area contributed by atoms with Crippen molar-refractivity contribution >= 4 is 51.6 Å². The molecule has 134 valence electrons. The van der Waals surface area contributed by atoms with Gasteiger partial charge in [-0.05, 0) is 42.0 Å². The molecule has 0 saturated heterocycles. The quantitative estimate of drug-likeness (QED) is 0.614. The van der Waals surface area contributed by atoms with Gasteiger partial charge >= 0.3 is 0 Å². The second-order valence-corrected chi connectivity index (χ2v) is 6.48. The second-order valence-electron chi connectivity index (χ2n) is 5.63. The zero-order valence-corrected chi connectivity index (χ0v) is 14.9. The van der Waals surface area contributed by atoms with Crippen molar-refractivity contribution in [2.45, 2.75) is 6.42 Å². The molecule has 5 nitrogen and oxygen atoms in total. The fourth-order valence-electron chi connectivity index (χ4n) is 2.49. The Morgan fingerprint density at radius 3 is 2.65 bits per heavy atom. The van der Waals surface area contributed by atoms with Gasteiger partial charge in [-0.2, -0.15) is 0 Å². The van der Waals surface area contributed by atoms with Crippen LogP contribution in [0.2, 0.25) is 10.0 Å². The van der Waals surface area contributed by atoms with Crippen LogP contribution in [0.5, 0.6) is 0 Å². The van der Waals surface area contributed by atoms with Crippen LogP contribution in [0.25, 0.3) is 10.9 Å². The van der Waals surface area contributed by atoms with Crippen LogP contribution in [-0.4, -0.2) is 23.3 Å². The Morgan fingerprint density at radius 2 is 1.88 bits per heavy atom. The summed E-state index contributed by atoms with van der Waals surface area (Å²) < 4.78 is 13.1. The maximum absolute atomic E-state index is 13.1. The lowest BCUT2D eigenvalue weighted by molar-refractivity contribution is -0.123. The molecule has 0 unspecified atom stereocenters. The summed E-state index contributed by atoms with van der Waals surface area (Å²) in [5, 5.41) is 6.42. The number of amides is 2. The Balaban J connectivity index is 1.55. The highest BCUT2D eigenvalue weighted by atomic mass is 35.5. The molecule has 1 aromatic heterocycles. The summed E-state index contributed by atoms with van der Waals surface area (Å²) in [6, 6.07) is 9.21. The lowest BCUT2D eigenvalue weighted by atomic mass is 10.1. The molecule has 0 saturated carbocycles. The number of H-pyrrole nitrogens is 1. The van der Waals surface area contributed by atoms with E-state index < -0.39 is 11.7 Å². The number of aromatic amines is 1. The van der Waals surface area contributed by atoms with Crippen molar-refractivity contribution in [3.05, 3.63) is 64.0 Å². The number of aromatic nitrogens is 1. The normalized spacial score (nSPS) is 10.7. The van der Waals surface area contributed by atoms with Gasteiger partial charge in [-0.15, -0.1) is 0 Å². The first-order chi connectivity index (χ1) is 12.4. The zero-order chi connectivity index (χ0) is 18.7. The van der Waals surface area contributed by atoms with E-state index in [-0.39, 0.29) is 23.9 Å². The van der Waals surface area contributed by atoms with Crippen molar-refractivity contribution in [2.24, 2.45) is 0 Å². The van der Waals surface area contributed by atoms with Gasteiger partial charge in [0.2, 0.25) is 11.8 Å². The number of rotatable bonds is 5. The van der Waals surface area contributed by atoms with E-state index in [1.165, 1.54) is 12.1 Å². The van der Waals surface area contributed by atoms with Gasteiger partial charge in [0, 0.05) is 27.8 Å². The first-order valence-electron chi connectivity index (χ1n) is 7.69. The van der Waals surface area contributed by atoms with Crippen LogP contribution in [0, 0.1) is 5.82 Å². The minimum atomic E-state index is -0.572. The summed E-state index contributed by atoms with van der Waals surface area (Å²) in [4.78, 5) is 27.0. The van der Waals surface area contributed by atoms with Gasteiger partial charge < -0.3 is 15.6 Å². The van der Waals surface area contributed by atoms with E-state index in [0.717, 1.165) is 22.5 Å². The second kappa shape index (κ2) is 7.76. The molecule has 2 amide bonds. The lowest BCUT2D eigenvalue weighted by Gasteiger charge is -2.07. The number of hydrogen-bond acceptors (Lipinski definition) is 2. The van der Waals surface area contributed by atoms with Crippen molar-refractivity contribution in [3.63, 3.8) is 0 Å². The topological polar surface area (TPSA) is 74.0 Å². The molecule has 0 aliphatic heterocycles. The predicted molar refractivity (Wildman–Crippen MR) is 100 cm³/mol. The summed E-state index contributed by atoms with van der Waals surface area (Å²) in [5.74, 6) is -1.32. The standard InChI is InChI=1S/C18H14Cl2FN3O2/c19-11-1-4-16-13(6-11)10(8-22-16)5-17(25)23-9-18(26)24-12-2-3-15(21)14(20)7-12/h1-4,6-8,22H,5,9H2,(H,23,25)(H,24,26). The van der Waals surface area contributed by atoms with Gasteiger partial charge in [0.25, 0.3) is 0 Å². The molecule has 0 aliphatic rings. The Morgan fingerprint density at radius 1 is 1.08 bits per heavy atom. The Hall–Kier alpha value is -2.57. The molecule has 3 aromatic rings. The van der Waals surface area contributed by atoms with Crippen LogP contribution < -0.4 is 10.6 Å². The predicted octanol–water partition coefficient (Wildman–Crippen LogP) is 3.91. The van der Waals surface area contributed by atoms with Crippen molar-refractivity contribution in [1.82, 2.24) is 10.3 Å². The van der Waals surface area contributed by atoms with Crippen molar-refractivity contribution in [1.29, 1.82) is 0 Å². The van der Waals surface area contributed by atoms with Gasteiger partial charge in [0.05, 0.1) is 18.0 Å². The third-order valence-electron chi connectivity index (χ3n) is 3.73. The molecule has 1 heterocycles. The summed E-state index contributed by atoms with van der Waals surface area (Å²) in [5.41, 5.74) is 2.01. The van der Waals surface area contributed by atoms with Gasteiger partial charge in [-0.25, -0.2) is 4.39 Å². The van der Waals surface area contributed by atoms with Crippen LogP contribution >= 0.6 is 23.2 Å². The van der Waals surface area contributed by atoms with Crippen LogP contribution in [0.3, 0.4) is 0 Å². The summed E-state index contributed by atoms with van der Waals surface area (Å²) in [7, 11) is 0. The molecule has 8 heteroatoms. The third-order valence-corrected chi connectivity index (χ3v) is 4.25. The van der Waals surface area contributed by atoms with Crippen LogP contribution in [0.1, 0.15) is 5.56 Å². The van der Waals surface area contributed by atoms with Gasteiger partial charge in [-0.3, -0.25) is 9.59 Å². The monoisotopic (exact) mass is 393 g/mol. The van der Waals surface area contributed by atoms with Gasteiger partial charge in [0.15, 0.2) is 0 Å². The molecule has 0 bridgehead atoms. The summed E-state index contributed by atoms with van der Waals surface area (Å²) in [6.45, 7) is -0.211. The Bertz CT molecular complexity index is 988. The number of hydrogen-bond donors (Lipinski definition) is 3. The highest BCUT2D eigenvalue weighted by Gasteiger charge is 2.11. The largest absolute Gasteiger partial charge is 0.361 e. The molecule has 0 fully saturated rings. The number of anilines is 1. The highest BCUT2D eigenvalue weighted by Crippen LogP contribution is 2.22. The molecular weight excluding hydrogens is 380 g/mol. The SMILES string of the molecule is O=C(Cc1c[nH]c2ccc(Cl)cc12)NCC(=O)Nc1ccc(F)c(Cl)c1.